The molecule has 0 amide bonds. The van der Waals surface area contributed by atoms with Crippen molar-refractivity contribution in [3.05, 3.63) is 29.6 Å². The summed E-state index contributed by atoms with van der Waals surface area (Å²) in [4.78, 5) is 2.40. The van der Waals surface area contributed by atoms with Gasteiger partial charge in [0.1, 0.15) is 10.8 Å². The highest BCUT2D eigenvalue weighted by Gasteiger charge is 2.06. The largest absolute Gasteiger partial charge is 0.389 e. The number of nitrogens with two attached hydrogens (primary N) is 1. The zero-order valence-corrected chi connectivity index (χ0v) is 11.9. The van der Waals surface area contributed by atoms with Crippen LogP contribution in [0.25, 0.3) is 0 Å². The van der Waals surface area contributed by atoms with Crippen LogP contribution in [0.15, 0.2) is 18.2 Å². The van der Waals surface area contributed by atoms with Crippen LogP contribution in [0.1, 0.15) is 19.4 Å². The molecule has 0 aliphatic rings. The molecule has 0 aromatic heterocycles. The highest BCUT2D eigenvalue weighted by Crippen LogP contribution is 2.15. The second-order valence-corrected chi connectivity index (χ2v) is 5.00. The number of anilines is 1. The van der Waals surface area contributed by atoms with Gasteiger partial charge in [-0.2, -0.15) is 0 Å². The Morgan fingerprint density at radius 3 is 2.67 bits per heavy atom. The molecule has 0 aliphatic heterocycles. The minimum absolute atomic E-state index is 0.208. The monoisotopic (exact) mass is 269 g/mol. The third-order valence-corrected chi connectivity index (χ3v) is 3.15. The Labute approximate surface area is 113 Å². The minimum atomic E-state index is -0.326. The summed E-state index contributed by atoms with van der Waals surface area (Å²) in [6.45, 7) is 5.79. The topological polar surface area (TPSA) is 41.3 Å². The number of rotatable bonds is 6. The van der Waals surface area contributed by atoms with Crippen molar-refractivity contribution in [1.29, 1.82) is 0 Å². The van der Waals surface area contributed by atoms with Gasteiger partial charge in [-0.15, -0.1) is 0 Å². The average molecular weight is 269 g/mol. The molecule has 18 heavy (non-hydrogen) atoms. The van der Waals surface area contributed by atoms with Crippen molar-refractivity contribution in [2.45, 2.75) is 19.9 Å². The van der Waals surface area contributed by atoms with Crippen LogP contribution in [0.4, 0.5) is 10.1 Å². The number of hydrogen-bond acceptors (Lipinski definition) is 3. The van der Waals surface area contributed by atoms with Gasteiger partial charge >= 0.3 is 0 Å². The van der Waals surface area contributed by atoms with Crippen LogP contribution in [0, 0.1) is 5.82 Å². The number of likely N-dealkylation sites (N-methyl/N-ethyl adjacent to an activating group) is 1. The quantitative estimate of drug-likeness (QED) is 0.777. The van der Waals surface area contributed by atoms with Crippen molar-refractivity contribution in [3.63, 3.8) is 0 Å². The lowest BCUT2D eigenvalue weighted by Gasteiger charge is -2.21. The zero-order valence-electron chi connectivity index (χ0n) is 11.0. The molecule has 0 aliphatic carbocycles. The molecule has 0 radical (unpaired) electrons. The Kier molecular flexibility index (Phi) is 5.50. The molecule has 0 unspecified atom stereocenters. The van der Waals surface area contributed by atoms with E-state index in [0.717, 1.165) is 6.54 Å². The van der Waals surface area contributed by atoms with Crippen molar-refractivity contribution in [1.82, 2.24) is 4.90 Å². The first-order valence-corrected chi connectivity index (χ1v) is 6.36. The maximum atomic E-state index is 13.7. The third-order valence-electron chi connectivity index (χ3n) is 2.92. The first-order valence-electron chi connectivity index (χ1n) is 5.95. The van der Waals surface area contributed by atoms with Crippen LogP contribution in [0.5, 0.6) is 0 Å². The molecule has 100 valence electrons. The lowest BCUT2D eigenvalue weighted by atomic mass is 10.2. The van der Waals surface area contributed by atoms with Crippen molar-refractivity contribution >= 4 is 22.9 Å². The third kappa shape index (κ3) is 4.23. The van der Waals surface area contributed by atoms with E-state index in [0.29, 0.717) is 23.8 Å². The van der Waals surface area contributed by atoms with Crippen LogP contribution in [0.2, 0.25) is 0 Å². The predicted molar refractivity (Wildman–Crippen MR) is 78.5 cm³/mol. The van der Waals surface area contributed by atoms with Gasteiger partial charge in [-0.3, -0.25) is 0 Å². The molecule has 0 atom stereocenters. The average Bonchev–Trinajstić information content (AvgIpc) is 2.30. The Morgan fingerprint density at radius 2 is 2.17 bits per heavy atom. The smallest absolute Gasteiger partial charge is 0.146 e. The number of halogens is 1. The molecular formula is C13H20FN3S. The summed E-state index contributed by atoms with van der Waals surface area (Å²) >= 11 is 4.80. The second-order valence-electron chi connectivity index (χ2n) is 4.56. The number of benzene rings is 1. The summed E-state index contributed by atoms with van der Waals surface area (Å²) in [5.41, 5.74) is 6.47. The SMILES string of the molecule is CC(C)N(C)CCNc1ccc(C(N)=S)cc1F. The second kappa shape index (κ2) is 6.66. The Hall–Kier alpha value is -1.20. The molecule has 3 N–H and O–H groups in total. The Bertz CT molecular complexity index is 421. The first-order chi connectivity index (χ1) is 8.41. The number of thiocarbonyl (C=S) groups is 1. The number of hydrogen-bond donors (Lipinski definition) is 2. The van der Waals surface area contributed by atoms with E-state index in [2.05, 4.69) is 24.1 Å². The van der Waals surface area contributed by atoms with Gasteiger partial charge in [0, 0.05) is 24.7 Å². The Balaban J connectivity index is 2.56. The fourth-order valence-electron chi connectivity index (χ4n) is 1.44. The highest BCUT2D eigenvalue weighted by atomic mass is 32.1. The molecule has 0 saturated heterocycles. The van der Waals surface area contributed by atoms with Gasteiger partial charge in [0.25, 0.3) is 0 Å². The first kappa shape index (κ1) is 14.9. The van der Waals surface area contributed by atoms with Gasteiger partial charge in [-0.1, -0.05) is 12.2 Å². The summed E-state index contributed by atoms with van der Waals surface area (Å²) in [5, 5.41) is 3.06. The van der Waals surface area contributed by atoms with Crippen molar-refractivity contribution < 1.29 is 4.39 Å². The normalized spacial score (nSPS) is 11.0. The molecule has 5 heteroatoms. The molecular weight excluding hydrogens is 249 g/mol. The van der Waals surface area contributed by atoms with E-state index in [-0.39, 0.29) is 10.8 Å². The van der Waals surface area contributed by atoms with Crippen LogP contribution in [-0.2, 0) is 0 Å². The molecule has 0 fully saturated rings. The number of nitrogens with one attached hydrogen (secondary N) is 1. The molecule has 1 aromatic rings. The summed E-state index contributed by atoms with van der Waals surface area (Å²) in [7, 11) is 2.04. The number of nitrogens with zero attached hydrogens (tertiary/aromatic N) is 1. The van der Waals surface area contributed by atoms with Crippen molar-refractivity contribution in [2.24, 2.45) is 5.73 Å². The van der Waals surface area contributed by atoms with E-state index in [1.54, 1.807) is 12.1 Å². The van der Waals surface area contributed by atoms with Gasteiger partial charge in [-0.25, -0.2) is 4.39 Å². The minimum Gasteiger partial charge on any atom is -0.389 e. The predicted octanol–water partition coefficient (Wildman–Crippen LogP) is 2.21. The zero-order chi connectivity index (χ0) is 13.7. The lowest BCUT2D eigenvalue weighted by molar-refractivity contribution is 0.284. The van der Waals surface area contributed by atoms with Gasteiger partial charge in [0.15, 0.2) is 0 Å². The fourth-order valence-corrected chi connectivity index (χ4v) is 1.56. The molecule has 1 aromatic carbocycles. The molecule has 0 saturated carbocycles. The molecule has 1 rings (SSSR count). The van der Waals surface area contributed by atoms with Gasteiger partial charge in [-0.05, 0) is 39.1 Å². The van der Waals surface area contributed by atoms with E-state index in [4.69, 9.17) is 18.0 Å². The van der Waals surface area contributed by atoms with Gasteiger partial charge < -0.3 is 16.0 Å². The molecule has 0 bridgehead atoms. The van der Waals surface area contributed by atoms with Crippen LogP contribution < -0.4 is 11.1 Å². The van der Waals surface area contributed by atoms with E-state index in [1.165, 1.54) is 6.07 Å². The van der Waals surface area contributed by atoms with Gasteiger partial charge in [0.05, 0.1) is 5.69 Å². The van der Waals surface area contributed by atoms with E-state index >= 15 is 0 Å². The maximum Gasteiger partial charge on any atom is 0.146 e. The molecule has 3 nitrogen and oxygen atoms in total. The van der Waals surface area contributed by atoms with E-state index in [1.807, 2.05) is 7.05 Å². The molecule has 0 spiro atoms. The fraction of sp³-hybridized carbons (Fsp3) is 0.462. The van der Waals surface area contributed by atoms with E-state index < -0.39 is 0 Å². The van der Waals surface area contributed by atoms with Crippen LogP contribution >= 0.6 is 12.2 Å². The summed E-state index contributed by atoms with van der Waals surface area (Å²) in [6, 6.07) is 5.23. The van der Waals surface area contributed by atoms with Crippen molar-refractivity contribution in [3.8, 4) is 0 Å². The van der Waals surface area contributed by atoms with Crippen LogP contribution in [-0.4, -0.2) is 36.1 Å². The highest BCUT2D eigenvalue weighted by molar-refractivity contribution is 7.80. The summed E-state index contributed by atoms with van der Waals surface area (Å²) in [5.74, 6) is -0.326. The lowest BCUT2D eigenvalue weighted by Crippen LogP contribution is -2.31. The Morgan fingerprint density at radius 1 is 1.50 bits per heavy atom. The maximum absolute atomic E-state index is 13.7. The van der Waals surface area contributed by atoms with E-state index in [9.17, 15) is 4.39 Å². The summed E-state index contributed by atoms with van der Waals surface area (Å²) < 4.78 is 13.7. The standard InChI is InChI=1S/C13H20FN3S/c1-9(2)17(3)7-6-16-12-5-4-10(13(15)18)8-11(12)14/h4-5,8-9,16H,6-7H2,1-3H3,(H2,15,18). The molecule has 0 heterocycles. The van der Waals surface area contributed by atoms with Crippen LogP contribution in [0.3, 0.4) is 0 Å². The van der Waals surface area contributed by atoms with Crippen molar-refractivity contribution in [2.75, 3.05) is 25.5 Å². The van der Waals surface area contributed by atoms with Gasteiger partial charge in [0.2, 0.25) is 0 Å². The summed E-state index contributed by atoms with van der Waals surface area (Å²) in [6.07, 6.45) is 0.